The van der Waals surface area contributed by atoms with Crippen molar-refractivity contribution in [3.8, 4) is 5.75 Å². The van der Waals surface area contributed by atoms with Gasteiger partial charge < -0.3 is 19.9 Å². The highest BCUT2D eigenvalue weighted by atomic mass is 16.5. The largest absolute Gasteiger partial charge is 0.478 e. The van der Waals surface area contributed by atoms with Gasteiger partial charge in [-0.15, -0.1) is 0 Å². The molecule has 21 heavy (non-hydrogen) atoms. The zero-order chi connectivity index (χ0) is 15.2. The maximum Gasteiger partial charge on any atom is 0.335 e. The summed E-state index contributed by atoms with van der Waals surface area (Å²) in [6.07, 6.45) is 1.16. The Morgan fingerprint density at radius 2 is 2.19 bits per heavy atom. The molecule has 6 heteroatoms. The number of carbonyl (C=O) groups is 2. The topological polar surface area (TPSA) is 84.9 Å². The Labute approximate surface area is 122 Å². The van der Waals surface area contributed by atoms with Crippen molar-refractivity contribution in [1.82, 2.24) is 0 Å². The van der Waals surface area contributed by atoms with Crippen LogP contribution in [-0.2, 0) is 9.53 Å². The maximum atomic E-state index is 12.2. The minimum absolute atomic E-state index is 0.0237. The van der Waals surface area contributed by atoms with Crippen LogP contribution >= 0.6 is 0 Å². The molecule has 0 unspecified atom stereocenters. The normalized spacial score (nSPS) is 26.8. The monoisotopic (exact) mass is 291 g/mol. The third kappa shape index (κ3) is 2.35. The fourth-order valence-electron chi connectivity index (χ4n) is 2.77. The first-order valence-electron chi connectivity index (χ1n) is 6.93. The number of benzene rings is 1. The number of carboxylic acids is 1. The highest BCUT2D eigenvalue weighted by molar-refractivity contribution is 6.02. The lowest BCUT2D eigenvalue weighted by Crippen LogP contribution is -2.62. The first-order chi connectivity index (χ1) is 9.89. The summed E-state index contributed by atoms with van der Waals surface area (Å²) in [4.78, 5) is 23.2. The SMILES string of the molecule is CC(C)OC1CC2(C1)Oc1ccc(C(=O)O)cc1NC2=O. The smallest absolute Gasteiger partial charge is 0.335 e. The third-order valence-electron chi connectivity index (χ3n) is 3.77. The lowest BCUT2D eigenvalue weighted by Gasteiger charge is -2.48. The minimum Gasteiger partial charge on any atom is -0.478 e. The fraction of sp³-hybridized carbons (Fsp3) is 0.467. The van der Waals surface area contributed by atoms with Crippen molar-refractivity contribution in [2.75, 3.05) is 5.32 Å². The molecule has 1 aromatic carbocycles. The first kappa shape index (κ1) is 13.9. The van der Waals surface area contributed by atoms with Crippen LogP contribution < -0.4 is 10.1 Å². The van der Waals surface area contributed by atoms with E-state index in [4.69, 9.17) is 14.6 Å². The molecule has 1 spiro atoms. The average Bonchev–Trinajstić information content (AvgIpc) is 2.36. The number of nitrogens with one attached hydrogen (secondary N) is 1. The molecule has 0 atom stereocenters. The molecule has 1 saturated carbocycles. The van der Waals surface area contributed by atoms with E-state index in [0.29, 0.717) is 24.3 Å². The highest BCUT2D eigenvalue weighted by Crippen LogP contribution is 2.45. The van der Waals surface area contributed by atoms with Gasteiger partial charge in [-0.1, -0.05) is 0 Å². The molecule has 1 heterocycles. The van der Waals surface area contributed by atoms with Crippen LogP contribution in [0.15, 0.2) is 18.2 Å². The Bertz CT molecular complexity index is 604. The van der Waals surface area contributed by atoms with E-state index < -0.39 is 11.6 Å². The maximum absolute atomic E-state index is 12.2. The molecule has 1 fully saturated rings. The molecule has 1 aromatic rings. The van der Waals surface area contributed by atoms with Crippen molar-refractivity contribution in [3.05, 3.63) is 23.8 Å². The zero-order valence-electron chi connectivity index (χ0n) is 11.9. The van der Waals surface area contributed by atoms with E-state index in [2.05, 4.69) is 5.32 Å². The second-order valence-electron chi connectivity index (χ2n) is 5.78. The summed E-state index contributed by atoms with van der Waals surface area (Å²) in [6, 6.07) is 4.45. The van der Waals surface area contributed by atoms with E-state index in [1.165, 1.54) is 12.1 Å². The van der Waals surface area contributed by atoms with E-state index in [1.807, 2.05) is 13.8 Å². The second kappa shape index (κ2) is 4.73. The number of fused-ring (bicyclic) bond motifs is 1. The van der Waals surface area contributed by atoms with Crippen LogP contribution in [0, 0.1) is 0 Å². The van der Waals surface area contributed by atoms with Gasteiger partial charge in [-0.05, 0) is 32.0 Å². The Balaban J connectivity index is 1.78. The Morgan fingerprint density at radius 1 is 1.48 bits per heavy atom. The van der Waals surface area contributed by atoms with Gasteiger partial charge >= 0.3 is 5.97 Å². The van der Waals surface area contributed by atoms with Crippen molar-refractivity contribution < 1.29 is 24.2 Å². The molecular weight excluding hydrogens is 274 g/mol. The summed E-state index contributed by atoms with van der Waals surface area (Å²) in [5.74, 6) is -0.773. The van der Waals surface area contributed by atoms with Crippen molar-refractivity contribution in [2.45, 2.75) is 44.5 Å². The summed E-state index contributed by atoms with van der Waals surface area (Å²) >= 11 is 0. The van der Waals surface area contributed by atoms with E-state index in [0.717, 1.165) is 0 Å². The predicted octanol–water partition coefficient (Wildman–Crippen LogP) is 2.04. The average molecular weight is 291 g/mol. The van der Waals surface area contributed by atoms with Gasteiger partial charge in [0.05, 0.1) is 23.5 Å². The van der Waals surface area contributed by atoms with E-state index in [-0.39, 0.29) is 23.7 Å². The van der Waals surface area contributed by atoms with Gasteiger partial charge in [-0.25, -0.2) is 4.79 Å². The van der Waals surface area contributed by atoms with Gasteiger partial charge in [0, 0.05) is 12.8 Å². The number of hydrogen-bond donors (Lipinski definition) is 2. The van der Waals surface area contributed by atoms with Crippen LogP contribution in [0.4, 0.5) is 5.69 Å². The molecule has 1 aliphatic heterocycles. The summed E-state index contributed by atoms with van der Waals surface area (Å²) in [6.45, 7) is 3.91. The molecule has 1 amide bonds. The van der Waals surface area contributed by atoms with Gasteiger partial charge in [-0.2, -0.15) is 0 Å². The van der Waals surface area contributed by atoms with Crippen LogP contribution in [0.5, 0.6) is 5.75 Å². The van der Waals surface area contributed by atoms with Crippen LogP contribution in [-0.4, -0.2) is 34.8 Å². The molecule has 1 aliphatic carbocycles. The van der Waals surface area contributed by atoms with Gasteiger partial charge in [0.25, 0.3) is 5.91 Å². The summed E-state index contributed by atoms with van der Waals surface area (Å²) < 4.78 is 11.5. The van der Waals surface area contributed by atoms with E-state index in [9.17, 15) is 9.59 Å². The number of hydrogen-bond acceptors (Lipinski definition) is 4. The number of anilines is 1. The van der Waals surface area contributed by atoms with Gasteiger partial charge in [-0.3, -0.25) is 4.79 Å². The van der Waals surface area contributed by atoms with Crippen LogP contribution in [0.3, 0.4) is 0 Å². The van der Waals surface area contributed by atoms with Crippen molar-refractivity contribution in [3.63, 3.8) is 0 Å². The van der Waals surface area contributed by atoms with Gasteiger partial charge in [0.1, 0.15) is 5.75 Å². The van der Waals surface area contributed by atoms with Crippen molar-refractivity contribution >= 4 is 17.6 Å². The van der Waals surface area contributed by atoms with Crippen LogP contribution in [0.2, 0.25) is 0 Å². The molecule has 6 nitrogen and oxygen atoms in total. The number of carbonyl (C=O) groups excluding carboxylic acids is 1. The molecule has 3 rings (SSSR count). The van der Waals surface area contributed by atoms with Gasteiger partial charge in [0.15, 0.2) is 5.60 Å². The third-order valence-corrected chi connectivity index (χ3v) is 3.77. The highest BCUT2D eigenvalue weighted by Gasteiger charge is 2.55. The number of ether oxygens (including phenoxy) is 2. The van der Waals surface area contributed by atoms with Crippen LogP contribution in [0.25, 0.3) is 0 Å². The Kier molecular flexibility index (Phi) is 3.13. The van der Waals surface area contributed by atoms with E-state index in [1.54, 1.807) is 6.07 Å². The Morgan fingerprint density at radius 3 is 2.81 bits per heavy atom. The lowest BCUT2D eigenvalue weighted by molar-refractivity contribution is -0.165. The molecule has 112 valence electrons. The molecule has 2 aliphatic rings. The molecule has 0 radical (unpaired) electrons. The van der Waals surface area contributed by atoms with Crippen molar-refractivity contribution in [2.24, 2.45) is 0 Å². The summed E-state index contributed by atoms with van der Waals surface area (Å²) in [5, 5.41) is 11.7. The molecule has 0 bridgehead atoms. The predicted molar refractivity (Wildman–Crippen MR) is 74.6 cm³/mol. The second-order valence-corrected chi connectivity index (χ2v) is 5.78. The number of carboxylic acid groups (broad SMARTS) is 1. The molecule has 0 aromatic heterocycles. The van der Waals surface area contributed by atoms with Crippen LogP contribution in [0.1, 0.15) is 37.0 Å². The molecular formula is C15H17NO5. The van der Waals surface area contributed by atoms with E-state index >= 15 is 0 Å². The zero-order valence-corrected chi connectivity index (χ0v) is 11.9. The summed E-state index contributed by atoms with van der Waals surface area (Å²) in [5.41, 5.74) is -0.362. The Hall–Kier alpha value is -2.08. The van der Waals surface area contributed by atoms with Crippen molar-refractivity contribution in [1.29, 1.82) is 0 Å². The number of amides is 1. The minimum atomic E-state index is -1.04. The first-order valence-corrected chi connectivity index (χ1v) is 6.93. The quantitative estimate of drug-likeness (QED) is 0.890. The lowest BCUT2D eigenvalue weighted by atomic mass is 9.75. The fourth-order valence-corrected chi connectivity index (χ4v) is 2.77. The standard InChI is InChI=1S/C15H17NO5/c1-8(2)20-10-6-15(7-10)14(19)16-11-5-9(13(17)18)3-4-12(11)21-15/h3-5,8,10H,6-7H2,1-2H3,(H,16,19)(H,17,18). The van der Waals surface area contributed by atoms with Gasteiger partial charge in [0.2, 0.25) is 0 Å². The molecule has 2 N–H and O–H groups in total. The number of rotatable bonds is 3. The molecule has 0 saturated heterocycles. The summed E-state index contributed by atoms with van der Waals surface area (Å²) in [7, 11) is 0. The number of aromatic carboxylic acids is 1.